The zero-order valence-corrected chi connectivity index (χ0v) is 6.89. The van der Waals surface area contributed by atoms with Gasteiger partial charge in [-0.2, -0.15) is 0 Å². The van der Waals surface area contributed by atoms with Gasteiger partial charge in [0.05, 0.1) is 0 Å². The van der Waals surface area contributed by atoms with Crippen molar-refractivity contribution in [2.24, 2.45) is 5.41 Å². The summed E-state index contributed by atoms with van der Waals surface area (Å²) in [5, 5.41) is 0. The molecular formula is C9H16O. The molecule has 0 saturated carbocycles. The first kappa shape index (κ1) is 9.41. The second-order valence-electron chi connectivity index (χ2n) is 3.36. The topological polar surface area (TPSA) is 17.1 Å². The Hall–Kier alpha value is -0.590. The molecule has 0 heterocycles. The zero-order valence-electron chi connectivity index (χ0n) is 6.89. The first-order valence-electron chi connectivity index (χ1n) is 3.67. The van der Waals surface area contributed by atoms with Crippen LogP contribution in [0.5, 0.6) is 0 Å². The van der Waals surface area contributed by atoms with E-state index in [4.69, 9.17) is 0 Å². The van der Waals surface area contributed by atoms with Crippen molar-refractivity contribution in [3.8, 4) is 0 Å². The van der Waals surface area contributed by atoms with Gasteiger partial charge >= 0.3 is 0 Å². The third-order valence-corrected chi connectivity index (χ3v) is 1.66. The van der Waals surface area contributed by atoms with Crippen molar-refractivity contribution < 1.29 is 4.79 Å². The minimum absolute atomic E-state index is 0.163. The van der Waals surface area contributed by atoms with E-state index in [1.165, 1.54) is 0 Å². The number of carbonyl (C=O) groups is 1. The van der Waals surface area contributed by atoms with E-state index in [0.717, 1.165) is 19.1 Å². The van der Waals surface area contributed by atoms with E-state index in [9.17, 15) is 4.79 Å². The van der Waals surface area contributed by atoms with Gasteiger partial charge in [-0.25, -0.2) is 0 Å². The van der Waals surface area contributed by atoms with Crippen molar-refractivity contribution in [2.75, 3.05) is 0 Å². The van der Waals surface area contributed by atoms with E-state index in [0.29, 0.717) is 6.42 Å². The summed E-state index contributed by atoms with van der Waals surface area (Å²) in [6.07, 6.45) is 5.59. The van der Waals surface area contributed by atoms with Crippen LogP contribution in [-0.2, 0) is 4.79 Å². The molecule has 0 aliphatic heterocycles. The molecule has 58 valence electrons. The lowest BCUT2D eigenvalue weighted by atomic mass is 9.85. The van der Waals surface area contributed by atoms with Gasteiger partial charge in [-0.1, -0.05) is 19.9 Å². The molecule has 1 heteroatoms. The van der Waals surface area contributed by atoms with Crippen LogP contribution in [0.25, 0.3) is 0 Å². The summed E-state index contributed by atoms with van der Waals surface area (Å²) >= 11 is 0. The quantitative estimate of drug-likeness (QED) is 0.423. The lowest BCUT2D eigenvalue weighted by molar-refractivity contribution is -0.109. The van der Waals surface area contributed by atoms with Crippen LogP contribution in [0.1, 0.15) is 33.1 Å². The highest BCUT2D eigenvalue weighted by atomic mass is 16.1. The molecule has 0 amide bonds. The summed E-state index contributed by atoms with van der Waals surface area (Å²) in [7, 11) is 0. The van der Waals surface area contributed by atoms with Crippen molar-refractivity contribution in [3.63, 3.8) is 0 Å². The van der Waals surface area contributed by atoms with Crippen LogP contribution >= 0.6 is 0 Å². The van der Waals surface area contributed by atoms with Gasteiger partial charge in [0.15, 0.2) is 0 Å². The molecule has 0 aromatic carbocycles. The van der Waals surface area contributed by atoms with Gasteiger partial charge < -0.3 is 4.79 Å². The Labute approximate surface area is 63.1 Å². The van der Waals surface area contributed by atoms with Crippen molar-refractivity contribution in [3.05, 3.63) is 12.7 Å². The minimum Gasteiger partial charge on any atom is -0.303 e. The third kappa shape index (κ3) is 4.30. The van der Waals surface area contributed by atoms with Gasteiger partial charge in [-0.15, -0.1) is 6.58 Å². The first-order chi connectivity index (χ1) is 4.62. The Morgan fingerprint density at radius 2 is 2.10 bits per heavy atom. The fourth-order valence-corrected chi connectivity index (χ4v) is 0.820. The van der Waals surface area contributed by atoms with Gasteiger partial charge in [-0.05, 0) is 18.3 Å². The molecule has 0 saturated heterocycles. The molecule has 0 spiro atoms. The maximum atomic E-state index is 10.2. The molecule has 0 atom stereocenters. The molecule has 10 heavy (non-hydrogen) atoms. The van der Waals surface area contributed by atoms with Crippen LogP contribution in [0, 0.1) is 5.41 Å². The summed E-state index contributed by atoms with van der Waals surface area (Å²) < 4.78 is 0. The fraction of sp³-hybridized carbons (Fsp3) is 0.667. The van der Waals surface area contributed by atoms with E-state index in [-0.39, 0.29) is 5.41 Å². The Kier molecular flexibility index (Phi) is 4.01. The van der Waals surface area contributed by atoms with Crippen molar-refractivity contribution in [1.82, 2.24) is 0 Å². The predicted molar refractivity (Wildman–Crippen MR) is 43.9 cm³/mol. The molecule has 0 N–H and O–H groups in total. The molecule has 0 aliphatic carbocycles. The summed E-state index contributed by atoms with van der Waals surface area (Å²) in [4.78, 5) is 10.2. The monoisotopic (exact) mass is 140 g/mol. The minimum atomic E-state index is 0.163. The van der Waals surface area contributed by atoms with Crippen molar-refractivity contribution in [1.29, 1.82) is 0 Å². The average Bonchev–Trinajstić information content (AvgIpc) is 1.84. The Bertz CT molecular complexity index is 114. The maximum Gasteiger partial charge on any atom is 0.120 e. The van der Waals surface area contributed by atoms with Crippen LogP contribution < -0.4 is 0 Å². The second-order valence-corrected chi connectivity index (χ2v) is 3.36. The van der Waals surface area contributed by atoms with E-state index in [2.05, 4.69) is 20.4 Å². The lowest BCUT2D eigenvalue weighted by Crippen LogP contribution is -2.10. The van der Waals surface area contributed by atoms with E-state index < -0.39 is 0 Å². The number of allylic oxidation sites excluding steroid dienone is 1. The van der Waals surface area contributed by atoms with Crippen LogP contribution in [-0.4, -0.2) is 6.29 Å². The molecule has 0 aliphatic rings. The number of hydrogen-bond acceptors (Lipinski definition) is 1. The number of carbonyl (C=O) groups excluding carboxylic acids is 1. The van der Waals surface area contributed by atoms with Crippen LogP contribution in [0.15, 0.2) is 12.7 Å². The van der Waals surface area contributed by atoms with Crippen LogP contribution in [0.3, 0.4) is 0 Å². The summed E-state index contributed by atoms with van der Waals surface area (Å²) in [5.74, 6) is 0. The highest BCUT2D eigenvalue weighted by molar-refractivity contribution is 5.50. The highest BCUT2D eigenvalue weighted by Gasteiger charge is 2.15. The van der Waals surface area contributed by atoms with E-state index in [1.807, 2.05) is 6.08 Å². The van der Waals surface area contributed by atoms with Gasteiger partial charge in [-0.3, -0.25) is 0 Å². The third-order valence-electron chi connectivity index (χ3n) is 1.66. The molecule has 0 bridgehead atoms. The highest BCUT2D eigenvalue weighted by Crippen LogP contribution is 2.25. The summed E-state index contributed by atoms with van der Waals surface area (Å²) in [6, 6.07) is 0. The predicted octanol–water partition coefficient (Wildman–Crippen LogP) is 2.57. The fourth-order valence-electron chi connectivity index (χ4n) is 0.820. The smallest absolute Gasteiger partial charge is 0.120 e. The molecular weight excluding hydrogens is 124 g/mol. The number of hydrogen-bond donors (Lipinski definition) is 0. The van der Waals surface area contributed by atoms with Gasteiger partial charge in [0.1, 0.15) is 6.29 Å². The maximum absolute atomic E-state index is 10.2. The molecule has 0 aromatic rings. The molecule has 0 aromatic heterocycles. The molecule has 0 fully saturated rings. The first-order valence-corrected chi connectivity index (χ1v) is 3.67. The van der Waals surface area contributed by atoms with E-state index in [1.54, 1.807) is 0 Å². The molecule has 0 unspecified atom stereocenters. The van der Waals surface area contributed by atoms with Gasteiger partial charge in [0, 0.05) is 6.42 Å². The van der Waals surface area contributed by atoms with Crippen LogP contribution in [0.4, 0.5) is 0 Å². The summed E-state index contributed by atoms with van der Waals surface area (Å²) in [5.41, 5.74) is 0.163. The second kappa shape index (κ2) is 4.26. The zero-order chi connectivity index (χ0) is 8.04. The number of aldehydes is 1. The van der Waals surface area contributed by atoms with Crippen molar-refractivity contribution in [2.45, 2.75) is 33.1 Å². The molecule has 1 nitrogen and oxygen atoms in total. The van der Waals surface area contributed by atoms with Crippen LogP contribution in [0.2, 0.25) is 0 Å². The Balaban J connectivity index is 3.61. The average molecular weight is 140 g/mol. The van der Waals surface area contributed by atoms with Gasteiger partial charge in [0.2, 0.25) is 0 Å². The SMILES string of the molecule is C=CCCC(C)(C)CC=O. The Morgan fingerprint density at radius 1 is 1.50 bits per heavy atom. The number of rotatable bonds is 5. The largest absolute Gasteiger partial charge is 0.303 e. The molecule has 0 rings (SSSR count). The van der Waals surface area contributed by atoms with Crippen molar-refractivity contribution >= 4 is 6.29 Å². The van der Waals surface area contributed by atoms with E-state index >= 15 is 0 Å². The normalized spacial score (nSPS) is 11.0. The van der Waals surface area contributed by atoms with Gasteiger partial charge in [0.25, 0.3) is 0 Å². The standard InChI is InChI=1S/C9H16O/c1-4-5-6-9(2,3)7-8-10/h4,8H,1,5-7H2,2-3H3. The lowest BCUT2D eigenvalue weighted by Gasteiger charge is -2.20. The Morgan fingerprint density at radius 3 is 2.50 bits per heavy atom. The summed E-state index contributed by atoms with van der Waals surface area (Å²) in [6.45, 7) is 7.84. The molecule has 0 radical (unpaired) electrons.